The molecular formula is C14H12Cl2O6S2. The predicted octanol–water partition coefficient (Wildman–Crippen LogP) is 3.32. The van der Waals surface area contributed by atoms with Gasteiger partial charge in [0.15, 0.2) is 0 Å². The number of hydrogen-bond acceptors (Lipinski definition) is 4. The van der Waals surface area contributed by atoms with E-state index in [-0.39, 0.29) is 22.9 Å². The summed E-state index contributed by atoms with van der Waals surface area (Å²) in [6, 6.07) is 7.87. The van der Waals surface area contributed by atoms with Crippen LogP contribution in [0, 0.1) is 0 Å². The molecule has 2 aromatic carbocycles. The SMILES string of the molecule is O=S(=O)(O)c1cc(CCl)ccc1-c1ccc(CCl)cc1S(=O)(=O)O. The van der Waals surface area contributed by atoms with Gasteiger partial charge in [0.1, 0.15) is 9.79 Å². The molecule has 0 bridgehead atoms. The Morgan fingerprint density at radius 3 is 1.29 bits per heavy atom. The molecule has 0 amide bonds. The minimum atomic E-state index is -4.65. The number of rotatable bonds is 5. The molecule has 0 unspecified atom stereocenters. The second-order valence-corrected chi connectivity index (χ2v) is 8.19. The van der Waals surface area contributed by atoms with Gasteiger partial charge in [0.05, 0.1) is 0 Å². The van der Waals surface area contributed by atoms with Gasteiger partial charge in [-0.1, -0.05) is 24.3 Å². The monoisotopic (exact) mass is 410 g/mol. The van der Waals surface area contributed by atoms with Crippen molar-refractivity contribution in [3.63, 3.8) is 0 Å². The van der Waals surface area contributed by atoms with Gasteiger partial charge >= 0.3 is 0 Å². The van der Waals surface area contributed by atoms with Gasteiger partial charge in [-0.05, 0) is 23.3 Å². The molecule has 0 aliphatic carbocycles. The molecular weight excluding hydrogens is 399 g/mol. The molecule has 0 spiro atoms. The molecule has 6 nitrogen and oxygen atoms in total. The van der Waals surface area contributed by atoms with Crippen LogP contribution in [0.1, 0.15) is 11.1 Å². The molecule has 0 aromatic heterocycles. The van der Waals surface area contributed by atoms with Gasteiger partial charge in [0.25, 0.3) is 20.2 Å². The van der Waals surface area contributed by atoms with E-state index in [9.17, 15) is 25.9 Å². The average molecular weight is 411 g/mol. The molecule has 0 radical (unpaired) electrons. The standard InChI is InChI=1S/C14H12Cl2O6S2/c15-7-9-1-3-11(13(5-9)23(17,18)19)12-4-2-10(8-16)6-14(12)24(20,21)22/h1-6H,7-8H2,(H,17,18,19)(H,20,21,22). The van der Waals surface area contributed by atoms with Crippen molar-refractivity contribution in [3.8, 4) is 11.1 Å². The molecule has 0 aliphatic heterocycles. The lowest BCUT2D eigenvalue weighted by molar-refractivity contribution is 0.480. The van der Waals surface area contributed by atoms with Gasteiger partial charge in [-0.25, -0.2) is 0 Å². The molecule has 0 heterocycles. The quantitative estimate of drug-likeness (QED) is 0.577. The molecule has 2 aromatic rings. The first-order chi connectivity index (χ1) is 11.1. The van der Waals surface area contributed by atoms with Gasteiger partial charge in [-0.2, -0.15) is 16.8 Å². The summed E-state index contributed by atoms with van der Waals surface area (Å²) in [5.41, 5.74) is 0.665. The summed E-state index contributed by atoms with van der Waals surface area (Å²) < 4.78 is 65.5. The van der Waals surface area contributed by atoms with Crippen LogP contribution in [0.2, 0.25) is 0 Å². The van der Waals surface area contributed by atoms with E-state index in [2.05, 4.69) is 0 Å². The molecule has 0 fully saturated rings. The summed E-state index contributed by atoms with van der Waals surface area (Å²) in [7, 11) is -9.31. The first-order valence-electron chi connectivity index (χ1n) is 6.41. The second-order valence-electron chi connectivity index (χ2n) is 4.88. The van der Waals surface area contributed by atoms with Crippen LogP contribution in [0.4, 0.5) is 0 Å². The third kappa shape index (κ3) is 4.08. The third-order valence-corrected chi connectivity index (χ3v) is 5.65. The zero-order valence-corrected chi connectivity index (χ0v) is 15.1. The topological polar surface area (TPSA) is 109 Å². The van der Waals surface area contributed by atoms with Crippen LogP contribution in [0.25, 0.3) is 11.1 Å². The number of alkyl halides is 2. The van der Waals surface area contributed by atoms with Crippen molar-refractivity contribution in [2.75, 3.05) is 0 Å². The lowest BCUT2D eigenvalue weighted by Crippen LogP contribution is -2.06. The van der Waals surface area contributed by atoms with Crippen LogP contribution in [-0.2, 0) is 32.0 Å². The molecule has 0 saturated carbocycles. The van der Waals surface area contributed by atoms with E-state index in [0.29, 0.717) is 11.1 Å². The highest BCUT2D eigenvalue weighted by atomic mass is 35.5. The van der Waals surface area contributed by atoms with Crippen LogP contribution < -0.4 is 0 Å². The fourth-order valence-electron chi connectivity index (χ4n) is 2.17. The summed E-state index contributed by atoms with van der Waals surface area (Å²) in [5, 5.41) is 0. The first-order valence-corrected chi connectivity index (χ1v) is 10.4. The van der Waals surface area contributed by atoms with Crippen LogP contribution >= 0.6 is 23.2 Å². The van der Waals surface area contributed by atoms with Gasteiger partial charge in [-0.3, -0.25) is 9.11 Å². The maximum absolute atomic E-state index is 11.7. The second kappa shape index (κ2) is 6.99. The average Bonchev–Trinajstić information content (AvgIpc) is 2.52. The number of benzene rings is 2. The minimum Gasteiger partial charge on any atom is -0.282 e. The molecule has 0 atom stereocenters. The normalized spacial score (nSPS) is 12.3. The molecule has 0 saturated heterocycles. The Morgan fingerprint density at radius 1 is 0.708 bits per heavy atom. The molecule has 10 heteroatoms. The van der Waals surface area contributed by atoms with Crippen molar-refractivity contribution >= 4 is 43.4 Å². The van der Waals surface area contributed by atoms with Gasteiger partial charge < -0.3 is 0 Å². The Labute approximate surface area is 149 Å². The summed E-state index contributed by atoms with van der Waals surface area (Å²) in [5.74, 6) is -0.00170. The van der Waals surface area contributed by atoms with Crippen molar-refractivity contribution in [2.45, 2.75) is 21.6 Å². The van der Waals surface area contributed by atoms with Crippen LogP contribution in [0.3, 0.4) is 0 Å². The molecule has 0 aliphatic rings. The van der Waals surface area contributed by atoms with E-state index in [0.717, 1.165) is 12.1 Å². The van der Waals surface area contributed by atoms with Crippen molar-refractivity contribution in [1.82, 2.24) is 0 Å². The van der Waals surface area contributed by atoms with Gasteiger partial charge in [0, 0.05) is 22.9 Å². The van der Waals surface area contributed by atoms with E-state index in [1.54, 1.807) is 0 Å². The van der Waals surface area contributed by atoms with Crippen LogP contribution in [0.15, 0.2) is 46.2 Å². The highest BCUT2D eigenvalue weighted by molar-refractivity contribution is 7.86. The van der Waals surface area contributed by atoms with Crippen LogP contribution in [-0.4, -0.2) is 25.9 Å². The predicted molar refractivity (Wildman–Crippen MR) is 90.6 cm³/mol. The molecule has 2 N–H and O–H groups in total. The van der Waals surface area contributed by atoms with E-state index >= 15 is 0 Å². The lowest BCUT2D eigenvalue weighted by Gasteiger charge is -2.13. The Hall–Kier alpha value is -1.16. The lowest BCUT2D eigenvalue weighted by atomic mass is 10.0. The zero-order chi connectivity index (χ0) is 18.1. The maximum atomic E-state index is 11.7. The van der Waals surface area contributed by atoms with E-state index < -0.39 is 30.0 Å². The third-order valence-electron chi connectivity index (χ3n) is 3.25. The van der Waals surface area contributed by atoms with Crippen molar-refractivity contribution < 1.29 is 25.9 Å². The summed E-state index contributed by atoms with van der Waals surface area (Å²) in [4.78, 5) is -1.02. The van der Waals surface area contributed by atoms with Crippen molar-refractivity contribution in [3.05, 3.63) is 47.5 Å². The summed E-state index contributed by atoms with van der Waals surface area (Å²) >= 11 is 11.3. The fraction of sp³-hybridized carbons (Fsp3) is 0.143. The highest BCUT2D eigenvalue weighted by Gasteiger charge is 2.23. The van der Waals surface area contributed by atoms with Crippen molar-refractivity contribution in [1.29, 1.82) is 0 Å². The first kappa shape index (κ1) is 19.2. The van der Waals surface area contributed by atoms with Gasteiger partial charge in [-0.15, -0.1) is 23.2 Å². The Morgan fingerprint density at radius 2 is 1.04 bits per heavy atom. The highest BCUT2D eigenvalue weighted by Crippen LogP contribution is 2.34. The van der Waals surface area contributed by atoms with E-state index in [1.165, 1.54) is 24.3 Å². The molecule has 2 rings (SSSR count). The van der Waals surface area contributed by atoms with E-state index in [1.807, 2.05) is 0 Å². The smallest absolute Gasteiger partial charge is 0.282 e. The van der Waals surface area contributed by atoms with Crippen molar-refractivity contribution in [2.24, 2.45) is 0 Å². The van der Waals surface area contributed by atoms with Crippen LogP contribution in [0.5, 0.6) is 0 Å². The Bertz CT molecular complexity index is 903. The minimum absolute atomic E-state index is 0.000852. The Balaban J connectivity index is 2.87. The van der Waals surface area contributed by atoms with E-state index in [4.69, 9.17) is 23.2 Å². The molecule has 130 valence electrons. The zero-order valence-electron chi connectivity index (χ0n) is 12.0. The maximum Gasteiger partial charge on any atom is 0.295 e. The Kier molecular flexibility index (Phi) is 5.58. The van der Waals surface area contributed by atoms with Gasteiger partial charge in [0.2, 0.25) is 0 Å². The summed E-state index contributed by atoms with van der Waals surface area (Å²) in [6.07, 6.45) is 0. The largest absolute Gasteiger partial charge is 0.295 e. The molecule has 24 heavy (non-hydrogen) atoms. The number of halogens is 2. The fourth-order valence-corrected chi connectivity index (χ4v) is 4.02. The number of hydrogen-bond donors (Lipinski definition) is 2. The summed E-state index contributed by atoms with van der Waals surface area (Å²) in [6.45, 7) is 0.